The Balaban J connectivity index is 1.59. The third-order valence-corrected chi connectivity index (χ3v) is 8.50. The molecule has 4 rings (SSSR count). The first kappa shape index (κ1) is 30.0. The molecule has 1 aromatic rings. The highest BCUT2D eigenvalue weighted by molar-refractivity contribution is 5.79. The quantitative estimate of drug-likeness (QED) is 0.346. The van der Waals surface area contributed by atoms with Crippen molar-refractivity contribution < 1.29 is 33.7 Å². The van der Waals surface area contributed by atoms with E-state index in [4.69, 9.17) is 14.2 Å². The third kappa shape index (κ3) is 6.82. The van der Waals surface area contributed by atoms with Crippen molar-refractivity contribution in [2.45, 2.75) is 77.2 Å². The number of carbonyl (C=O) groups excluding carboxylic acids is 2. The third-order valence-electron chi connectivity index (χ3n) is 8.50. The van der Waals surface area contributed by atoms with E-state index in [0.717, 1.165) is 57.3 Å². The van der Waals surface area contributed by atoms with E-state index >= 15 is 0 Å². The van der Waals surface area contributed by atoms with E-state index in [1.807, 2.05) is 21.9 Å². The van der Waals surface area contributed by atoms with Crippen molar-refractivity contribution in [1.29, 1.82) is 0 Å². The van der Waals surface area contributed by atoms with Crippen molar-refractivity contribution in [1.82, 2.24) is 14.7 Å². The van der Waals surface area contributed by atoms with Crippen molar-refractivity contribution >= 4 is 17.8 Å². The molecule has 10 nitrogen and oxygen atoms in total. The van der Waals surface area contributed by atoms with Crippen LogP contribution < -0.4 is 14.2 Å². The zero-order valence-corrected chi connectivity index (χ0v) is 24.2. The van der Waals surface area contributed by atoms with Crippen LogP contribution in [-0.4, -0.2) is 96.8 Å². The lowest BCUT2D eigenvalue weighted by Crippen LogP contribution is -2.45. The molecule has 0 spiro atoms. The second kappa shape index (κ2) is 14.1. The number of unbranched alkanes of at least 4 members (excludes halogenated alkanes) is 2. The molecule has 40 heavy (non-hydrogen) atoms. The summed E-state index contributed by atoms with van der Waals surface area (Å²) in [6.45, 7) is 7.76. The van der Waals surface area contributed by atoms with Gasteiger partial charge < -0.3 is 29.1 Å². The van der Waals surface area contributed by atoms with Gasteiger partial charge in [0.05, 0.1) is 19.6 Å². The van der Waals surface area contributed by atoms with Crippen molar-refractivity contribution in [3.05, 3.63) is 17.7 Å². The fraction of sp³-hybridized carbons (Fsp3) is 0.700. The number of benzene rings is 1. The summed E-state index contributed by atoms with van der Waals surface area (Å²) >= 11 is 0. The normalized spacial score (nSPS) is 22.2. The van der Waals surface area contributed by atoms with Gasteiger partial charge in [-0.15, -0.1) is 0 Å². The molecule has 0 saturated carbocycles. The summed E-state index contributed by atoms with van der Waals surface area (Å²) in [5, 5.41) is 10.5. The molecule has 0 aliphatic carbocycles. The molecular weight excluding hydrogens is 514 g/mol. The Morgan fingerprint density at radius 3 is 2.50 bits per heavy atom. The number of carbonyl (C=O) groups is 3. The molecule has 2 saturated heterocycles. The van der Waals surface area contributed by atoms with Crippen LogP contribution in [0.1, 0.15) is 76.7 Å². The number of amides is 2. The first-order chi connectivity index (χ1) is 19.4. The number of methoxy groups -OCH3 is 1. The molecule has 1 N–H and O–H groups in total. The summed E-state index contributed by atoms with van der Waals surface area (Å²) < 4.78 is 16.7. The number of nitrogens with zero attached hydrogens (tertiary/aromatic N) is 3. The highest BCUT2D eigenvalue weighted by Crippen LogP contribution is 2.47. The minimum Gasteiger partial charge on any atom is -0.493 e. The maximum absolute atomic E-state index is 13.6. The van der Waals surface area contributed by atoms with Gasteiger partial charge >= 0.3 is 5.97 Å². The van der Waals surface area contributed by atoms with Crippen LogP contribution in [0.2, 0.25) is 0 Å². The van der Waals surface area contributed by atoms with Crippen LogP contribution in [-0.2, 0) is 14.4 Å². The molecular formula is C30H45N3O7. The minimum atomic E-state index is -0.882. The van der Waals surface area contributed by atoms with Crippen molar-refractivity contribution in [3.63, 3.8) is 0 Å². The van der Waals surface area contributed by atoms with Gasteiger partial charge in [-0.25, -0.2) is 0 Å². The Morgan fingerprint density at radius 2 is 1.88 bits per heavy atom. The molecule has 2 fully saturated rings. The predicted molar refractivity (Wildman–Crippen MR) is 150 cm³/mol. The van der Waals surface area contributed by atoms with E-state index in [0.29, 0.717) is 49.6 Å². The lowest BCUT2D eigenvalue weighted by atomic mass is 9.83. The standard InChI is InChI=1S/C30H45N3O7/c1-4-6-12-32(13-7-5-2)27(35)19-33-18-22(21-16-24(38-3)29-25(17-21)39-20-40-29)28(30(36)37)23(33)10-8-14-31-15-9-11-26(31)34/h16-17,22-23,28H,4-15,18-20H2,1-3H3,(H,36,37)/t22-,23+,28-/m1/s1. The van der Waals surface area contributed by atoms with E-state index in [1.54, 1.807) is 7.11 Å². The second-order valence-corrected chi connectivity index (χ2v) is 11.1. The largest absolute Gasteiger partial charge is 0.493 e. The maximum atomic E-state index is 13.6. The van der Waals surface area contributed by atoms with Crippen LogP contribution >= 0.6 is 0 Å². The number of carboxylic acid groups (broad SMARTS) is 1. The van der Waals surface area contributed by atoms with Gasteiger partial charge in [0, 0.05) is 51.1 Å². The van der Waals surface area contributed by atoms with Gasteiger partial charge in [-0.05, 0) is 49.8 Å². The molecule has 3 aliphatic heterocycles. The fourth-order valence-corrected chi connectivity index (χ4v) is 6.32. The number of aliphatic carboxylic acids is 1. The fourth-order valence-electron chi connectivity index (χ4n) is 6.32. The highest BCUT2D eigenvalue weighted by atomic mass is 16.7. The van der Waals surface area contributed by atoms with Gasteiger partial charge in [0.25, 0.3) is 0 Å². The molecule has 3 atom stereocenters. The Hall–Kier alpha value is -3.01. The van der Waals surface area contributed by atoms with E-state index in [-0.39, 0.29) is 37.1 Å². The molecule has 2 amide bonds. The van der Waals surface area contributed by atoms with Crippen LogP contribution in [0.4, 0.5) is 0 Å². The van der Waals surface area contributed by atoms with Crippen LogP contribution in [0.25, 0.3) is 0 Å². The van der Waals surface area contributed by atoms with Gasteiger partial charge in [0.1, 0.15) is 0 Å². The Morgan fingerprint density at radius 1 is 1.12 bits per heavy atom. The van der Waals surface area contributed by atoms with E-state index < -0.39 is 11.9 Å². The average molecular weight is 560 g/mol. The van der Waals surface area contributed by atoms with E-state index in [2.05, 4.69) is 18.7 Å². The van der Waals surface area contributed by atoms with E-state index in [1.165, 1.54) is 0 Å². The van der Waals surface area contributed by atoms with Gasteiger partial charge in [0.2, 0.25) is 24.4 Å². The Bertz CT molecular complexity index is 1040. The smallest absolute Gasteiger partial charge is 0.308 e. The first-order valence-corrected chi connectivity index (χ1v) is 14.9. The van der Waals surface area contributed by atoms with Gasteiger partial charge in [-0.1, -0.05) is 26.7 Å². The first-order valence-electron chi connectivity index (χ1n) is 14.9. The van der Waals surface area contributed by atoms with Crippen molar-refractivity contribution in [3.8, 4) is 17.2 Å². The summed E-state index contributed by atoms with van der Waals surface area (Å²) in [5.74, 6) is -0.153. The van der Waals surface area contributed by atoms with Gasteiger partial charge in [0.15, 0.2) is 11.5 Å². The van der Waals surface area contributed by atoms with Crippen LogP contribution in [0, 0.1) is 5.92 Å². The number of likely N-dealkylation sites (tertiary alicyclic amines) is 2. The lowest BCUT2D eigenvalue weighted by Gasteiger charge is -2.30. The summed E-state index contributed by atoms with van der Waals surface area (Å²) in [5.41, 5.74) is 0.803. The van der Waals surface area contributed by atoms with Crippen molar-refractivity contribution in [2.75, 3.05) is 53.2 Å². The van der Waals surface area contributed by atoms with Crippen LogP contribution in [0.15, 0.2) is 12.1 Å². The van der Waals surface area contributed by atoms with Gasteiger partial charge in [-0.2, -0.15) is 0 Å². The molecule has 10 heteroatoms. The molecule has 0 radical (unpaired) electrons. The van der Waals surface area contributed by atoms with E-state index in [9.17, 15) is 19.5 Å². The summed E-state index contributed by atoms with van der Waals surface area (Å²) in [7, 11) is 1.55. The number of fused-ring (bicyclic) bond motifs is 1. The van der Waals surface area contributed by atoms with Crippen molar-refractivity contribution in [2.24, 2.45) is 5.92 Å². The van der Waals surface area contributed by atoms with Crippen LogP contribution in [0.3, 0.4) is 0 Å². The SMILES string of the molecule is CCCCN(CCCC)C(=O)CN1C[C@H](c2cc(OC)c3c(c2)OCO3)[C@@H](C(=O)O)[C@@H]1CCCN1CCCC1=O. The zero-order valence-electron chi connectivity index (χ0n) is 24.2. The number of hydrogen-bond acceptors (Lipinski definition) is 7. The predicted octanol–water partition coefficient (Wildman–Crippen LogP) is 3.72. The molecule has 1 aromatic carbocycles. The number of ether oxygens (including phenoxy) is 3. The lowest BCUT2D eigenvalue weighted by molar-refractivity contribution is -0.144. The molecule has 0 bridgehead atoms. The number of carboxylic acids is 1. The van der Waals surface area contributed by atoms with Gasteiger partial charge in [-0.3, -0.25) is 19.3 Å². The monoisotopic (exact) mass is 559 g/mol. The Labute approximate surface area is 237 Å². The molecule has 0 unspecified atom stereocenters. The average Bonchev–Trinajstić information content (AvgIpc) is 3.67. The molecule has 222 valence electrons. The Kier molecular flexibility index (Phi) is 10.5. The highest BCUT2D eigenvalue weighted by Gasteiger charge is 2.47. The molecule has 3 aliphatic rings. The summed E-state index contributed by atoms with van der Waals surface area (Å²) in [6, 6.07) is 3.36. The minimum absolute atomic E-state index is 0.0506. The second-order valence-electron chi connectivity index (χ2n) is 11.1. The summed E-state index contributed by atoms with van der Waals surface area (Å²) in [4.78, 5) is 44.5. The molecule has 0 aromatic heterocycles. The topological polar surface area (TPSA) is 109 Å². The zero-order chi connectivity index (χ0) is 28.6. The number of rotatable bonds is 15. The number of hydrogen-bond donors (Lipinski definition) is 1. The van der Waals surface area contributed by atoms with Crippen LogP contribution in [0.5, 0.6) is 17.2 Å². The summed E-state index contributed by atoms with van der Waals surface area (Å²) in [6.07, 6.45) is 6.65. The molecule has 3 heterocycles. The maximum Gasteiger partial charge on any atom is 0.308 e.